The molecule has 2 heterocycles. The third-order valence-corrected chi connectivity index (χ3v) is 23.2. The Kier molecular flexibility index (Phi) is 10.9. The first-order valence-corrected chi connectivity index (χ1v) is 21.3. The third-order valence-electron chi connectivity index (χ3n) is 7.64. The monoisotopic (exact) mass is 619 g/mol. The SMILES string of the molecule is C#CCO/N=C1/C(=C2/C(=O)Nc3c[c]([Sn]([CH2]CCC)([CH2]CCC)[CH2]CCC)ccc32)Nc2ccccc21.[N]. The summed E-state index contributed by atoms with van der Waals surface area (Å²) in [6.07, 6.45) is 13.0. The normalized spacial score (nSPS) is 16.8. The number of terminal acetylenes is 1. The molecule has 0 aliphatic carbocycles. The number of oxime groups is 1. The molecule has 0 spiro atoms. The molecule has 2 aromatic rings. The fourth-order valence-electron chi connectivity index (χ4n) is 5.64. The summed E-state index contributed by atoms with van der Waals surface area (Å²) in [5.74, 6) is 2.34. The number of amides is 1. The van der Waals surface area contributed by atoms with Gasteiger partial charge in [0.05, 0.1) is 0 Å². The summed E-state index contributed by atoms with van der Waals surface area (Å²) in [6, 6.07) is 14.7. The van der Waals surface area contributed by atoms with Crippen LogP contribution in [0.2, 0.25) is 13.3 Å². The predicted octanol–water partition coefficient (Wildman–Crippen LogP) is 6.40. The van der Waals surface area contributed by atoms with E-state index in [9.17, 15) is 4.79 Å². The number of hydrogen-bond acceptors (Lipinski definition) is 4. The zero-order chi connectivity index (χ0) is 26.3. The maximum atomic E-state index is 13.4. The van der Waals surface area contributed by atoms with Crippen LogP contribution < -0.4 is 20.4 Å². The largest absolute Gasteiger partial charge is 0 e. The van der Waals surface area contributed by atoms with E-state index >= 15 is 0 Å². The molecule has 6 nitrogen and oxygen atoms in total. The molecular formula is C31H39N4O2Sn. The van der Waals surface area contributed by atoms with E-state index in [1.807, 2.05) is 24.3 Å². The molecule has 7 heteroatoms. The molecule has 3 radical (unpaired) electrons. The number of nitrogens with zero attached hydrogens (tertiary/aromatic N) is 2. The van der Waals surface area contributed by atoms with Gasteiger partial charge < -0.3 is 0 Å². The first-order valence-electron chi connectivity index (χ1n) is 13.8. The number of para-hydroxylation sites is 1. The Hall–Kier alpha value is -2.76. The van der Waals surface area contributed by atoms with Gasteiger partial charge in [0.1, 0.15) is 0 Å². The van der Waals surface area contributed by atoms with Gasteiger partial charge in [-0.1, -0.05) is 0 Å². The zero-order valence-corrected chi connectivity index (χ0v) is 25.8. The molecule has 0 fully saturated rings. The van der Waals surface area contributed by atoms with Crippen LogP contribution in [0.3, 0.4) is 0 Å². The van der Waals surface area contributed by atoms with Gasteiger partial charge in [-0.15, -0.1) is 0 Å². The smallest absolute Gasteiger partial charge is 0 e. The standard InChI is InChI=1S/C19H12N3O2.3C4H9.N.Sn/c1-2-11-24-22-17-13-8-4-6-10-15(13)20-18(17)16-12-7-3-5-9-14(12)21-19(16)23;3*1-3-4-2;;/h1,3-4,6-10,20H,11H2,(H,21,23);3*1,3-4H2,2H3;;/b18-16-,22-17+;;;;;. The van der Waals surface area contributed by atoms with Crippen molar-refractivity contribution in [1.82, 2.24) is 6.15 Å². The average molecular weight is 618 g/mol. The van der Waals surface area contributed by atoms with Crippen LogP contribution in [-0.2, 0) is 9.63 Å². The van der Waals surface area contributed by atoms with E-state index in [2.05, 4.69) is 60.7 Å². The minimum absolute atomic E-state index is 0. The van der Waals surface area contributed by atoms with Gasteiger partial charge in [-0.3, -0.25) is 0 Å². The summed E-state index contributed by atoms with van der Waals surface area (Å²) < 4.78 is 5.74. The van der Waals surface area contributed by atoms with Crippen molar-refractivity contribution in [3.63, 3.8) is 0 Å². The van der Waals surface area contributed by atoms with E-state index in [1.54, 1.807) is 3.58 Å². The molecule has 0 atom stereocenters. The van der Waals surface area contributed by atoms with E-state index in [0.717, 1.165) is 22.5 Å². The molecule has 2 aliphatic heterocycles. The molecule has 2 N–H and O–H groups in total. The fraction of sp³-hybridized carbons (Fsp3) is 0.419. The van der Waals surface area contributed by atoms with Crippen molar-refractivity contribution in [2.24, 2.45) is 5.16 Å². The van der Waals surface area contributed by atoms with E-state index in [-0.39, 0.29) is 18.7 Å². The molecule has 4 rings (SSSR count). The maximum absolute atomic E-state index is 13.4. The molecule has 199 valence electrons. The predicted molar refractivity (Wildman–Crippen MR) is 160 cm³/mol. The van der Waals surface area contributed by atoms with Crippen LogP contribution in [0.1, 0.15) is 70.4 Å². The average Bonchev–Trinajstić information content (AvgIpc) is 3.44. The summed E-state index contributed by atoms with van der Waals surface area (Å²) in [7, 11) is 0. The molecule has 2 aromatic carbocycles. The van der Waals surface area contributed by atoms with Crippen molar-refractivity contribution >= 4 is 50.5 Å². The molecule has 0 saturated carbocycles. The number of anilines is 2. The summed E-state index contributed by atoms with van der Waals surface area (Å²) in [5, 5.41) is 10.9. The topological polar surface area (TPSA) is 93.2 Å². The van der Waals surface area contributed by atoms with E-state index in [4.69, 9.17) is 11.3 Å². The third kappa shape index (κ3) is 6.10. The second-order valence-corrected chi connectivity index (χ2v) is 23.4. The minimum Gasteiger partial charge on any atom is 0 e. The van der Waals surface area contributed by atoms with E-state index in [1.165, 1.54) is 51.8 Å². The number of hydrogen-bond donors (Lipinski definition) is 2. The van der Waals surface area contributed by atoms with Crippen molar-refractivity contribution < 1.29 is 9.63 Å². The molecular weight excluding hydrogens is 579 g/mol. The quantitative estimate of drug-likeness (QED) is 0.0948. The van der Waals surface area contributed by atoms with Gasteiger partial charge in [0, 0.05) is 6.15 Å². The van der Waals surface area contributed by atoms with Crippen LogP contribution in [0.15, 0.2) is 53.3 Å². The van der Waals surface area contributed by atoms with Gasteiger partial charge in [-0.05, 0) is 0 Å². The fourth-order valence-corrected chi connectivity index (χ4v) is 21.6. The van der Waals surface area contributed by atoms with E-state index in [0.29, 0.717) is 17.0 Å². The van der Waals surface area contributed by atoms with Gasteiger partial charge in [0.25, 0.3) is 0 Å². The molecule has 0 bridgehead atoms. The van der Waals surface area contributed by atoms with Gasteiger partial charge in [-0.25, -0.2) is 0 Å². The Balaban J connectivity index is 0.00000400. The summed E-state index contributed by atoms with van der Waals surface area (Å²) in [4.78, 5) is 18.8. The summed E-state index contributed by atoms with van der Waals surface area (Å²) in [5.41, 5.74) is 5.54. The number of carbonyl (C=O) groups excluding carboxylic acids is 1. The Morgan fingerprint density at radius 1 is 0.895 bits per heavy atom. The maximum Gasteiger partial charge on any atom is 0 e. The number of benzene rings is 2. The number of carbonyl (C=O) groups is 1. The van der Waals surface area contributed by atoms with Crippen molar-refractivity contribution in [1.29, 1.82) is 0 Å². The molecule has 0 saturated heterocycles. The number of rotatable bonds is 12. The van der Waals surface area contributed by atoms with Gasteiger partial charge in [-0.2, -0.15) is 0 Å². The van der Waals surface area contributed by atoms with Crippen molar-refractivity contribution in [3.05, 3.63) is 59.3 Å². The molecule has 0 aromatic heterocycles. The van der Waals surface area contributed by atoms with Gasteiger partial charge in [0.2, 0.25) is 0 Å². The molecule has 1 amide bonds. The van der Waals surface area contributed by atoms with Gasteiger partial charge >= 0.3 is 227 Å². The molecule has 38 heavy (non-hydrogen) atoms. The van der Waals surface area contributed by atoms with Gasteiger partial charge in [0.15, 0.2) is 0 Å². The molecule has 0 unspecified atom stereocenters. The van der Waals surface area contributed by atoms with Crippen molar-refractivity contribution in [2.75, 3.05) is 17.2 Å². The first-order chi connectivity index (χ1) is 18.1. The minimum atomic E-state index is -2.62. The molecule has 2 aliphatic rings. The number of unbranched alkanes of at least 4 members (excludes halogenated alkanes) is 3. The van der Waals surface area contributed by atoms with Crippen molar-refractivity contribution in [2.45, 2.75) is 72.6 Å². The first kappa shape index (κ1) is 29.8. The number of allylic oxidation sites excluding steroid dienone is 1. The second kappa shape index (κ2) is 13.9. The zero-order valence-electron chi connectivity index (χ0n) is 22.9. The second-order valence-electron chi connectivity index (χ2n) is 10.1. The Labute approximate surface area is 232 Å². The summed E-state index contributed by atoms with van der Waals surface area (Å²) >= 11 is -2.62. The number of nitrogens with one attached hydrogen (secondary N) is 2. The van der Waals surface area contributed by atoms with Crippen LogP contribution in [0.4, 0.5) is 11.4 Å². The van der Waals surface area contributed by atoms with Crippen LogP contribution >= 0.6 is 0 Å². The Bertz CT molecular complexity index is 1220. The summed E-state index contributed by atoms with van der Waals surface area (Å²) in [6.45, 7) is 6.98. The van der Waals surface area contributed by atoms with Crippen LogP contribution in [0.5, 0.6) is 0 Å². The van der Waals surface area contributed by atoms with Crippen LogP contribution in [0.25, 0.3) is 5.57 Å². The Morgan fingerprint density at radius 2 is 1.55 bits per heavy atom. The van der Waals surface area contributed by atoms with Crippen LogP contribution in [-0.4, -0.2) is 36.6 Å². The Morgan fingerprint density at radius 3 is 2.18 bits per heavy atom. The van der Waals surface area contributed by atoms with E-state index < -0.39 is 18.4 Å². The number of fused-ring (bicyclic) bond motifs is 2. The van der Waals surface area contributed by atoms with Crippen molar-refractivity contribution in [3.8, 4) is 12.3 Å². The van der Waals surface area contributed by atoms with Crippen LogP contribution in [0, 0.1) is 12.3 Å².